The molecule has 2 aliphatic rings. The van der Waals surface area contributed by atoms with E-state index in [9.17, 15) is 9.59 Å². The highest BCUT2D eigenvalue weighted by Gasteiger charge is 2.46. The summed E-state index contributed by atoms with van der Waals surface area (Å²) in [5.74, 6) is -1.75. The van der Waals surface area contributed by atoms with Crippen molar-refractivity contribution in [2.24, 2.45) is 5.92 Å². The van der Waals surface area contributed by atoms with Crippen LogP contribution in [-0.4, -0.2) is 17.7 Å². The molecule has 78 valence electrons. The fraction of sp³-hybridized carbons (Fsp3) is 0.800. The van der Waals surface area contributed by atoms with Crippen LogP contribution in [0.2, 0.25) is 0 Å². The van der Waals surface area contributed by atoms with Crippen molar-refractivity contribution < 1.29 is 19.1 Å². The van der Waals surface area contributed by atoms with Crippen molar-refractivity contribution in [1.29, 1.82) is 0 Å². The van der Waals surface area contributed by atoms with Gasteiger partial charge in [0.05, 0.1) is 0 Å². The summed E-state index contributed by atoms with van der Waals surface area (Å²) in [5.41, 5.74) is 0. The monoisotopic (exact) mass is 198 g/mol. The summed E-state index contributed by atoms with van der Waals surface area (Å²) in [7, 11) is 0. The molecule has 1 saturated heterocycles. The number of hydrogen-bond acceptors (Lipinski definition) is 4. The van der Waals surface area contributed by atoms with Crippen molar-refractivity contribution >= 4 is 11.9 Å². The average molecular weight is 198 g/mol. The molecule has 0 aromatic rings. The molecule has 2 fully saturated rings. The van der Waals surface area contributed by atoms with Gasteiger partial charge in [0.15, 0.2) is 0 Å². The summed E-state index contributed by atoms with van der Waals surface area (Å²) in [6.45, 7) is 1.69. The van der Waals surface area contributed by atoms with Gasteiger partial charge in [-0.05, 0) is 12.8 Å². The van der Waals surface area contributed by atoms with Crippen LogP contribution in [0.25, 0.3) is 0 Å². The molecular weight excluding hydrogens is 184 g/mol. The smallest absolute Gasteiger partial charge is 0.320 e. The molecule has 1 saturated carbocycles. The highest BCUT2D eigenvalue weighted by atomic mass is 16.7. The molecule has 0 radical (unpaired) electrons. The molecule has 4 nitrogen and oxygen atoms in total. The van der Waals surface area contributed by atoms with E-state index in [2.05, 4.69) is 0 Å². The minimum absolute atomic E-state index is 0.177. The van der Waals surface area contributed by atoms with E-state index in [1.807, 2.05) is 0 Å². The first-order chi connectivity index (χ1) is 6.60. The zero-order valence-electron chi connectivity index (χ0n) is 8.25. The molecule has 0 amide bonds. The van der Waals surface area contributed by atoms with Gasteiger partial charge < -0.3 is 9.47 Å². The normalized spacial score (nSPS) is 27.2. The van der Waals surface area contributed by atoms with E-state index in [1.54, 1.807) is 6.92 Å². The van der Waals surface area contributed by atoms with Gasteiger partial charge in [-0.25, -0.2) is 0 Å². The third-order valence-electron chi connectivity index (χ3n) is 3.02. The lowest BCUT2D eigenvalue weighted by Crippen LogP contribution is -2.47. The molecule has 0 aromatic carbocycles. The largest absolute Gasteiger partial charge is 0.422 e. The Balaban J connectivity index is 2.12. The lowest BCUT2D eigenvalue weighted by atomic mass is 9.97. The summed E-state index contributed by atoms with van der Waals surface area (Å²) in [6.07, 6.45) is 3.93. The lowest BCUT2D eigenvalue weighted by molar-refractivity contribution is -0.254. The van der Waals surface area contributed by atoms with E-state index in [0.29, 0.717) is 0 Å². The Kier molecular flexibility index (Phi) is 2.21. The van der Waals surface area contributed by atoms with Crippen LogP contribution >= 0.6 is 0 Å². The van der Waals surface area contributed by atoms with Crippen molar-refractivity contribution in [2.45, 2.75) is 44.8 Å². The van der Waals surface area contributed by atoms with Gasteiger partial charge in [0.1, 0.15) is 6.42 Å². The van der Waals surface area contributed by atoms with Crippen LogP contribution in [0.5, 0.6) is 0 Å². The Bertz CT molecular complexity index is 249. The topological polar surface area (TPSA) is 52.6 Å². The molecule has 1 aliphatic heterocycles. The Morgan fingerprint density at radius 3 is 2.14 bits per heavy atom. The first-order valence-electron chi connectivity index (χ1n) is 5.04. The number of rotatable bonds is 1. The first kappa shape index (κ1) is 9.49. The fourth-order valence-electron chi connectivity index (χ4n) is 2.28. The summed E-state index contributed by atoms with van der Waals surface area (Å²) in [5, 5.41) is 0. The van der Waals surface area contributed by atoms with Gasteiger partial charge >= 0.3 is 11.9 Å². The van der Waals surface area contributed by atoms with Crippen molar-refractivity contribution in [2.75, 3.05) is 0 Å². The van der Waals surface area contributed by atoms with Crippen LogP contribution in [0.4, 0.5) is 0 Å². The van der Waals surface area contributed by atoms with Gasteiger partial charge in [-0.3, -0.25) is 9.59 Å². The minimum atomic E-state index is -0.997. The van der Waals surface area contributed by atoms with Gasteiger partial charge in [-0.2, -0.15) is 0 Å². The number of hydrogen-bond donors (Lipinski definition) is 0. The highest BCUT2D eigenvalue weighted by molar-refractivity contribution is 5.93. The van der Waals surface area contributed by atoms with Crippen molar-refractivity contribution in [3.8, 4) is 0 Å². The van der Waals surface area contributed by atoms with Crippen molar-refractivity contribution in [1.82, 2.24) is 0 Å². The standard InChI is InChI=1S/C10H14O4/c1-10(7-4-2-3-5-7)13-8(11)6-9(12)14-10/h7H,2-6H2,1H3. The van der Waals surface area contributed by atoms with Gasteiger partial charge in [0.25, 0.3) is 5.79 Å². The molecule has 0 bridgehead atoms. The first-order valence-corrected chi connectivity index (χ1v) is 5.04. The van der Waals surface area contributed by atoms with E-state index in [-0.39, 0.29) is 12.3 Å². The van der Waals surface area contributed by atoms with Crippen LogP contribution < -0.4 is 0 Å². The molecule has 1 heterocycles. The SMILES string of the molecule is CC1(C2CCCC2)OC(=O)CC(=O)O1. The molecule has 0 aromatic heterocycles. The molecule has 1 aliphatic carbocycles. The third kappa shape index (κ3) is 1.61. The molecule has 0 spiro atoms. The predicted molar refractivity (Wildman–Crippen MR) is 47.2 cm³/mol. The number of ether oxygens (including phenoxy) is 2. The maximum Gasteiger partial charge on any atom is 0.320 e. The highest BCUT2D eigenvalue weighted by Crippen LogP contribution is 2.39. The van der Waals surface area contributed by atoms with Gasteiger partial charge in [0, 0.05) is 12.8 Å². The molecule has 0 N–H and O–H groups in total. The van der Waals surface area contributed by atoms with Crippen LogP contribution in [0.15, 0.2) is 0 Å². The van der Waals surface area contributed by atoms with Crippen LogP contribution in [0.3, 0.4) is 0 Å². The summed E-state index contributed by atoms with van der Waals surface area (Å²) in [4.78, 5) is 22.2. The van der Waals surface area contributed by atoms with E-state index < -0.39 is 17.7 Å². The molecule has 0 unspecified atom stereocenters. The van der Waals surface area contributed by atoms with Crippen LogP contribution in [0.1, 0.15) is 39.0 Å². The van der Waals surface area contributed by atoms with Gasteiger partial charge in [-0.1, -0.05) is 12.8 Å². The second-order valence-corrected chi connectivity index (χ2v) is 4.12. The summed E-state index contributed by atoms with van der Waals surface area (Å²) < 4.78 is 10.3. The number of carbonyl (C=O) groups excluding carboxylic acids is 2. The number of cyclic esters (lactones) is 2. The van der Waals surface area contributed by atoms with Crippen molar-refractivity contribution in [3.05, 3.63) is 0 Å². The molecule has 14 heavy (non-hydrogen) atoms. The van der Waals surface area contributed by atoms with Crippen molar-refractivity contribution in [3.63, 3.8) is 0 Å². The summed E-state index contributed by atoms with van der Waals surface area (Å²) >= 11 is 0. The predicted octanol–water partition coefficient (Wildman–Crippen LogP) is 1.38. The average Bonchev–Trinajstić information content (AvgIpc) is 2.52. The Morgan fingerprint density at radius 1 is 1.14 bits per heavy atom. The zero-order valence-corrected chi connectivity index (χ0v) is 8.25. The maximum absolute atomic E-state index is 11.1. The van der Waals surface area contributed by atoms with Crippen LogP contribution in [0, 0.1) is 5.92 Å². The molecular formula is C10H14O4. The number of carbonyl (C=O) groups is 2. The fourth-order valence-corrected chi connectivity index (χ4v) is 2.28. The summed E-state index contributed by atoms with van der Waals surface area (Å²) in [6, 6.07) is 0. The quantitative estimate of drug-likeness (QED) is 0.472. The molecule has 0 atom stereocenters. The van der Waals surface area contributed by atoms with E-state index in [0.717, 1.165) is 25.7 Å². The third-order valence-corrected chi connectivity index (χ3v) is 3.02. The Hall–Kier alpha value is -1.06. The Labute approximate surface area is 82.6 Å². The second-order valence-electron chi connectivity index (χ2n) is 4.12. The zero-order chi connectivity index (χ0) is 10.2. The second kappa shape index (κ2) is 3.26. The van der Waals surface area contributed by atoms with Gasteiger partial charge in [0.2, 0.25) is 0 Å². The Morgan fingerprint density at radius 2 is 1.64 bits per heavy atom. The van der Waals surface area contributed by atoms with E-state index >= 15 is 0 Å². The lowest BCUT2D eigenvalue weighted by Gasteiger charge is -2.36. The number of esters is 2. The molecule has 2 rings (SSSR count). The van der Waals surface area contributed by atoms with E-state index in [1.165, 1.54) is 0 Å². The minimum Gasteiger partial charge on any atom is -0.422 e. The maximum atomic E-state index is 11.1. The van der Waals surface area contributed by atoms with Crippen LogP contribution in [-0.2, 0) is 19.1 Å². The molecule has 4 heteroatoms. The van der Waals surface area contributed by atoms with E-state index in [4.69, 9.17) is 9.47 Å². The van der Waals surface area contributed by atoms with Gasteiger partial charge in [-0.15, -0.1) is 0 Å².